The van der Waals surface area contributed by atoms with Crippen LogP contribution in [0.25, 0.3) is 0 Å². The summed E-state index contributed by atoms with van der Waals surface area (Å²) in [6.07, 6.45) is 5.96. The number of piperidine rings is 1. The van der Waals surface area contributed by atoms with E-state index in [4.69, 9.17) is 4.74 Å². The van der Waals surface area contributed by atoms with Crippen molar-refractivity contribution in [1.82, 2.24) is 25.4 Å². The summed E-state index contributed by atoms with van der Waals surface area (Å²) in [4.78, 5) is 18.3. The normalized spacial score (nSPS) is 16.5. The number of aromatic nitrogens is 3. The van der Waals surface area contributed by atoms with E-state index >= 15 is 0 Å². The molecular weight excluding hydrogens is 318 g/mol. The number of rotatable bonds is 5. The first-order chi connectivity index (χ1) is 12.1. The molecule has 134 valence electrons. The molecule has 3 heterocycles. The van der Waals surface area contributed by atoms with Gasteiger partial charge in [0.25, 0.3) is 0 Å². The Morgan fingerprint density at radius 2 is 2.28 bits per heavy atom. The molecule has 2 amide bonds. The predicted octanol–water partition coefficient (Wildman–Crippen LogP) is 2.30. The van der Waals surface area contributed by atoms with Crippen LogP contribution >= 0.6 is 0 Å². The van der Waals surface area contributed by atoms with Gasteiger partial charge in [-0.2, -0.15) is 5.10 Å². The highest BCUT2D eigenvalue weighted by atomic mass is 16.5. The quantitative estimate of drug-likeness (QED) is 0.872. The summed E-state index contributed by atoms with van der Waals surface area (Å²) in [5.74, 6) is 0.785. The largest absolute Gasteiger partial charge is 0.489 e. The number of H-pyrrole nitrogens is 1. The Morgan fingerprint density at radius 3 is 2.92 bits per heavy atom. The second kappa shape index (κ2) is 8.00. The summed E-state index contributed by atoms with van der Waals surface area (Å²) in [5, 5.41) is 10.2. The molecule has 1 saturated heterocycles. The maximum atomic E-state index is 12.4. The summed E-state index contributed by atoms with van der Waals surface area (Å²) in [5.41, 5.74) is 2.00. The summed E-state index contributed by atoms with van der Waals surface area (Å²) < 4.78 is 5.91. The molecule has 2 aromatic heterocycles. The maximum absolute atomic E-state index is 12.4. The van der Waals surface area contributed by atoms with Crippen molar-refractivity contribution in [3.63, 3.8) is 0 Å². The number of ether oxygens (including phenoxy) is 1. The van der Waals surface area contributed by atoms with E-state index in [9.17, 15) is 4.79 Å². The van der Waals surface area contributed by atoms with Gasteiger partial charge in [0, 0.05) is 50.3 Å². The number of amides is 2. The van der Waals surface area contributed by atoms with Crippen molar-refractivity contribution in [2.75, 3.05) is 13.1 Å². The number of nitrogens with one attached hydrogen (secondary N) is 2. The number of carbonyl (C=O) groups excluding carboxylic acids is 1. The molecule has 25 heavy (non-hydrogen) atoms. The number of urea groups is 1. The van der Waals surface area contributed by atoms with Gasteiger partial charge in [-0.25, -0.2) is 4.79 Å². The first-order valence-electron chi connectivity index (χ1n) is 8.73. The third-order valence-electron chi connectivity index (χ3n) is 4.31. The van der Waals surface area contributed by atoms with Gasteiger partial charge in [-0.3, -0.25) is 10.1 Å². The molecule has 1 aliphatic rings. The molecule has 1 atom stereocenters. The van der Waals surface area contributed by atoms with Gasteiger partial charge in [0.05, 0.1) is 11.9 Å². The monoisotopic (exact) mass is 343 g/mol. The molecule has 2 N–H and O–H groups in total. The smallest absolute Gasteiger partial charge is 0.317 e. The molecule has 7 nitrogen and oxygen atoms in total. The average Bonchev–Trinajstić information content (AvgIpc) is 3.01. The van der Waals surface area contributed by atoms with Crippen LogP contribution < -0.4 is 10.1 Å². The topological polar surface area (TPSA) is 83.1 Å². The van der Waals surface area contributed by atoms with Crippen LogP contribution in [0.1, 0.15) is 31.2 Å². The number of hydrogen-bond donors (Lipinski definition) is 2. The summed E-state index contributed by atoms with van der Waals surface area (Å²) in [7, 11) is 0. The van der Waals surface area contributed by atoms with E-state index in [-0.39, 0.29) is 18.2 Å². The third-order valence-corrected chi connectivity index (χ3v) is 4.31. The minimum atomic E-state index is -0.0143. The second-order valence-electron chi connectivity index (χ2n) is 6.59. The van der Waals surface area contributed by atoms with Gasteiger partial charge in [-0.05, 0) is 32.0 Å². The van der Waals surface area contributed by atoms with E-state index in [0.717, 1.165) is 36.4 Å². The van der Waals surface area contributed by atoms with Crippen molar-refractivity contribution in [3.05, 3.63) is 42.0 Å². The summed E-state index contributed by atoms with van der Waals surface area (Å²) in [6, 6.07) is 5.80. The van der Waals surface area contributed by atoms with Crippen LogP contribution in [-0.4, -0.2) is 51.3 Å². The molecule has 0 aromatic carbocycles. The Hall–Kier alpha value is -2.57. The first kappa shape index (κ1) is 17.3. The van der Waals surface area contributed by atoms with Crippen LogP contribution in [0.4, 0.5) is 4.79 Å². The van der Waals surface area contributed by atoms with Gasteiger partial charge in [0.15, 0.2) is 0 Å². The molecule has 0 spiro atoms. The predicted molar refractivity (Wildman–Crippen MR) is 94.5 cm³/mol. The number of aromatic amines is 1. The Kier molecular flexibility index (Phi) is 5.53. The molecular formula is C18H25N5O2. The van der Waals surface area contributed by atoms with Crippen molar-refractivity contribution in [2.45, 2.75) is 45.3 Å². The fraction of sp³-hybridized carbons (Fsp3) is 0.500. The molecule has 0 aliphatic carbocycles. The fourth-order valence-corrected chi connectivity index (χ4v) is 3.03. The van der Waals surface area contributed by atoms with Crippen molar-refractivity contribution >= 4 is 6.03 Å². The third kappa shape index (κ3) is 4.95. The molecule has 1 aliphatic heterocycles. The number of likely N-dealkylation sites (tertiary alicyclic amines) is 1. The summed E-state index contributed by atoms with van der Waals surface area (Å²) >= 11 is 0. The lowest BCUT2D eigenvalue weighted by Crippen LogP contribution is -2.49. The minimum Gasteiger partial charge on any atom is -0.489 e. The van der Waals surface area contributed by atoms with Gasteiger partial charge in [-0.1, -0.05) is 0 Å². The van der Waals surface area contributed by atoms with E-state index < -0.39 is 0 Å². The van der Waals surface area contributed by atoms with Gasteiger partial charge in [0.2, 0.25) is 0 Å². The number of pyridine rings is 1. The van der Waals surface area contributed by atoms with E-state index in [1.807, 2.05) is 36.9 Å². The molecule has 1 fully saturated rings. The molecule has 0 saturated carbocycles. The number of aryl methyl sites for hydroxylation is 1. The second-order valence-corrected chi connectivity index (χ2v) is 6.59. The zero-order chi connectivity index (χ0) is 17.6. The zero-order valence-corrected chi connectivity index (χ0v) is 14.7. The van der Waals surface area contributed by atoms with Crippen LogP contribution in [0.2, 0.25) is 0 Å². The highest BCUT2D eigenvalue weighted by Crippen LogP contribution is 2.18. The van der Waals surface area contributed by atoms with Crippen molar-refractivity contribution in [1.29, 1.82) is 0 Å². The Morgan fingerprint density at radius 1 is 1.48 bits per heavy atom. The SMILES string of the molecule is Cc1cc(C[C@@H](C)NC(=O)N2CCC(Oc3cccnc3)CC2)n[nH]1. The van der Waals surface area contributed by atoms with E-state index in [2.05, 4.69) is 20.5 Å². The molecule has 3 rings (SSSR count). The van der Waals surface area contributed by atoms with Gasteiger partial charge < -0.3 is 15.0 Å². The van der Waals surface area contributed by atoms with E-state index in [1.54, 1.807) is 12.4 Å². The highest BCUT2D eigenvalue weighted by molar-refractivity contribution is 5.74. The lowest BCUT2D eigenvalue weighted by Gasteiger charge is -2.32. The molecule has 7 heteroatoms. The lowest BCUT2D eigenvalue weighted by atomic mass is 10.1. The number of hydrogen-bond acceptors (Lipinski definition) is 4. The van der Waals surface area contributed by atoms with Crippen molar-refractivity contribution in [2.24, 2.45) is 0 Å². The van der Waals surface area contributed by atoms with Crippen LogP contribution in [0.3, 0.4) is 0 Å². The van der Waals surface area contributed by atoms with E-state index in [1.165, 1.54) is 0 Å². The Bertz CT molecular complexity index is 680. The van der Waals surface area contributed by atoms with Crippen LogP contribution in [0.15, 0.2) is 30.6 Å². The molecule has 2 aromatic rings. The molecule has 0 unspecified atom stereocenters. The van der Waals surface area contributed by atoms with Gasteiger partial charge in [-0.15, -0.1) is 0 Å². The average molecular weight is 343 g/mol. The maximum Gasteiger partial charge on any atom is 0.317 e. The molecule has 0 radical (unpaired) electrons. The Balaban J connectivity index is 1.42. The van der Waals surface area contributed by atoms with E-state index in [0.29, 0.717) is 13.1 Å². The van der Waals surface area contributed by atoms with Gasteiger partial charge >= 0.3 is 6.03 Å². The fourth-order valence-electron chi connectivity index (χ4n) is 3.03. The highest BCUT2D eigenvalue weighted by Gasteiger charge is 2.24. The summed E-state index contributed by atoms with van der Waals surface area (Å²) in [6.45, 7) is 5.37. The zero-order valence-electron chi connectivity index (χ0n) is 14.7. The standard InChI is InChI=1S/C18H25N5O2/c1-13(10-15-11-14(2)21-22-15)20-18(24)23-8-5-16(6-9-23)25-17-4-3-7-19-12-17/h3-4,7,11-13,16H,5-6,8-10H2,1-2H3,(H,20,24)(H,21,22)/t13-/m1/s1. The van der Waals surface area contributed by atoms with Crippen LogP contribution in [0, 0.1) is 6.92 Å². The Labute approximate surface area is 147 Å². The number of nitrogens with zero attached hydrogens (tertiary/aromatic N) is 3. The van der Waals surface area contributed by atoms with Crippen molar-refractivity contribution in [3.8, 4) is 5.75 Å². The van der Waals surface area contributed by atoms with Crippen LogP contribution in [0.5, 0.6) is 5.75 Å². The minimum absolute atomic E-state index is 0.0143. The lowest BCUT2D eigenvalue weighted by molar-refractivity contribution is 0.110. The first-order valence-corrected chi connectivity index (χ1v) is 8.73. The van der Waals surface area contributed by atoms with Crippen LogP contribution in [-0.2, 0) is 6.42 Å². The van der Waals surface area contributed by atoms with Crippen molar-refractivity contribution < 1.29 is 9.53 Å². The number of carbonyl (C=O) groups is 1. The van der Waals surface area contributed by atoms with Gasteiger partial charge in [0.1, 0.15) is 11.9 Å². The molecule has 0 bridgehead atoms.